The van der Waals surface area contributed by atoms with Crippen LogP contribution in [-0.4, -0.2) is 29.9 Å². The molecular weight excluding hydrogens is 212 g/mol. The summed E-state index contributed by atoms with van der Waals surface area (Å²) >= 11 is 0. The van der Waals surface area contributed by atoms with Gasteiger partial charge in [-0.3, -0.25) is 4.79 Å². The van der Waals surface area contributed by atoms with Crippen molar-refractivity contribution in [3.8, 4) is 0 Å². The minimum Gasteiger partial charge on any atom is -0.460 e. The lowest BCUT2D eigenvalue weighted by molar-refractivity contribution is -0.154. The van der Waals surface area contributed by atoms with Gasteiger partial charge in [0.15, 0.2) is 0 Å². The molecular formula is C11H16O5. The Hall–Kier alpha value is -1.65. The lowest BCUT2D eigenvalue weighted by Gasteiger charge is -2.05. The second kappa shape index (κ2) is 6.76. The highest BCUT2D eigenvalue weighted by molar-refractivity contribution is 6.38. The average Bonchev–Trinajstić information content (AvgIpc) is 2.11. The van der Waals surface area contributed by atoms with Crippen molar-refractivity contribution in [1.82, 2.24) is 0 Å². The first kappa shape index (κ1) is 14.3. The highest BCUT2D eigenvalue weighted by Crippen LogP contribution is 1.94. The molecule has 0 radical (unpaired) electrons. The van der Waals surface area contributed by atoms with Crippen LogP contribution in [0.5, 0.6) is 0 Å². The van der Waals surface area contributed by atoms with Crippen molar-refractivity contribution in [2.75, 3.05) is 0 Å². The summed E-state index contributed by atoms with van der Waals surface area (Å²) < 4.78 is 9.36. The maximum absolute atomic E-state index is 11.1. The molecule has 0 aromatic rings. The average molecular weight is 228 g/mol. The molecule has 0 heterocycles. The van der Waals surface area contributed by atoms with E-state index < -0.39 is 17.7 Å². The molecule has 0 aromatic heterocycles. The number of esters is 2. The normalized spacial score (nSPS) is 10.9. The Morgan fingerprint density at radius 3 is 1.81 bits per heavy atom. The largest absolute Gasteiger partial charge is 0.460 e. The van der Waals surface area contributed by atoms with Crippen molar-refractivity contribution >= 4 is 17.7 Å². The number of hydrogen-bond acceptors (Lipinski definition) is 5. The van der Waals surface area contributed by atoms with E-state index in [1.807, 2.05) is 0 Å². The molecule has 0 rings (SSSR count). The first-order valence-electron chi connectivity index (χ1n) is 4.96. The Kier molecular flexibility index (Phi) is 6.07. The second-order valence-corrected chi connectivity index (χ2v) is 3.64. The number of ketones is 1. The van der Waals surface area contributed by atoms with E-state index in [1.165, 1.54) is 0 Å². The molecule has 0 saturated heterocycles. The van der Waals surface area contributed by atoms with Crippen molar-refractivity contribution in [3.63, 3.8) is 0 Å². The van der Waals surface area contributed by atoms with Gasteiger partial charge >= 0.3 is 11.9 Å². The van der Waals surface area contributed by atoms with E-state index in [4.69, 9.17) is 4.74 Å². The third-order valence-electron chi connectivity index (χ3n) is 1.27. The highest BCUT2D eigenvalue weighted by atomic mass is 16.5. The van der Waals surface area contributed by atoms with Crippen LogP contribution in [0.2, 0.25) is 0 Å². The zero-order valence-electron chi connectivity index (χ0n) is 9.85. The molecule has 0 amide bonds. The van der Waals surface area contributed by atoms with E-state index in [0.29, 0.717) is 0 Å². The highest BCUT2D eigenvalue weighted by Gasteiger charge is 2.14. The monoisotopic (exact) mass is 228 g/mol. The van der Waals surface area contributed by atoms with Crippen molar-refractivity contribution in [2.24, 2.45) is 0 Å². The summed E-state index contributed by atoms with van der Waals surface area (Å²) in [6.45, 7) is 6.62. The molecule has 16 heavy (non-hydrogen) atoms. The predicted octanol–water partition coefficient (Wildman–Crippen LogP) is 1.01. The number of carbonyl (C=O) groups excluding carboxylic acids is 3. The Bertz CT molecular complexity index is 301. The summed E-state index contributed by atoms with van der Waals surface area (Å²) in [4.78, 5) is 33.1. The Morgan fingerprint density at radius 1 is 0.875 bits per heavy atom. The molecule has 90 valence electrons. The Morgan fingerprint density at radius 2 is 1.38 bits per heavy atom. The van der Waals surface area contributed by atoms with Gasteiger partial charge in [-0.25, -0.2) is 9.59 Å². The fourth-order valence-corrected chi connectivity index (χ4v) is 0.756. The molecule has 0 aliphatic heterocycles. The standard InChI is InChI=1S/C11H16O5/c1-7(2)15-10(13)6-5-9(12)11(14)16-8(3)4/h5-8H,1-4H3. The van der Waals surface area contributed by atoms with Crippen molar-refractivity contribution in [3.05, 3.63) is 12.2 Å². The van der Waals surface area contributed by atoms with Gasteiger partial charge in [0.2, 0.25) is 0 Å². The smallest absolute Gasteiger partial charge is 0.379 e. The van der Waals surface area contributed by atoms with E-state index in [-0.39, 0.29) is 12.2 Å². The molecule has 5 nitrogen and oxygen atoms in total. The van der Waals surface area contributed by atoms with Crippen LogP contribution < -0.4 is 0 Å². The summed E-state index contributed by atoms with van der Waals surface area (Å²) in [5.74, 6) is -2.53. The Labute approximate surface area is 94.4 Å². The molecule has 0 unspecified atom stereocenters. The lowest BCUT2D eigenvalue weighted by Crippen LogP contribution is -2.19. The first-order chi connectivity index (χ1) is 7.32. The molecule has 0 fully saturated rings. The van der Waals surface area contributed by atoms with Crippen LogP contribution in [0, 0.1) is 0 Å². The topological polar surface area (TPSA) is 69.7 Å². The minimum absolute atomic E-state index is 0.269. The van der Waals surface area contributed by atoms with Gasteiger partial charge in [0.1, 0.15) is 0 Å². The molecule has 0 spiro atoms. The van der Waals surface area contributed by atoms with Crippen LogP contribution in [0.25, 0.3) is 0 Å². The van der Waals surface area contributed by atoms with E-state index in [9.17, 15) is 14.4 Å². The first-order valence-corrected chi connectivity index (χ1v) is 4.96. The van der Waals surface area contributed by atoms with Gasteiger partial charge in [-0.15, -0.1) is 0 Å². The molecule has 0 aromatic carbocycles. The maximum Gasteiger partial charge on any atom is 0.379 e. The predicted molar refractivity (Wildman–Crippen MR) is 56.6 cm³/mol. The van der Waals surface area contributed by atoms with Gasteiger partial charge < -0.3 is 9.47 Å². The van der Waals surface area contributed by atoms with E-state index >= 15 is 0 Å². The number of ether oxygens (including phenoxy) is 2. The third-order valence-corrected chi connectivity index (χ3v) is 1.27. The maximum atomic E-state index is 11.1. The zero-order chi connectivity index (χ0) is 12.7. The van der Waals surface area contributed by atoms with Crippen LogP contribution in [0.15, 0.2) is 12.2 Å². The summed E-state index contributed by atoms with van der Waals surface area (Å²) in [7, 11) is 0. The van der Waals surface area contributed by atoms with Crippen LogP contribution in [0.4, 0.5) is 0 Å². The lowest BCUT2D eigenvalue weighted by atomic mass is 10.3. The Balaban J connectivity index is 4.18. The van der Waals surface area contributed by atoms with E-state index in [2.05, 4.69) is 4.74 Å². The number of hydrogen-bond donors (Lipinski definition) is 0. The van der Waals surface area contributed by atoms with Crippen molar-refractivity contribution in [1.29, 1.82) is 0 Å². The molecule has 0 saturated carbocycles. The van der Waals surface area contributed by atoms with Gasteiger partial charge in [-0.2, -0.15) is 0 Å². The zero-order valence-corrected chi connectivity index (χ0v) is 9.85. The van der Waals surface area contributed by atoms with Crippen molar-refractivity contribution in [2.45, 2.75) is 39.9 Å². The van der Waals surface area contributed by atoms with Gasteiger partial charge in [0.05, 0.1) is 12.2 Å². The summed E-state index contributed by atoms with van der Waals surface area (Å²) in [6, 6.07) is 0. The van der Waals surface area contributed by atoms with Gasteiger partial charge in [0.25, 0.3) is 5.78 Å². The third kappa shape index (κ3) is 6.75. The van der Waals surface area contributed by atoms with Crippen LogP contribution in [-0.2, 0) is 23.9 Å². The van der Waals surface area contributed by atoms with E-state index in [0.717, 1.165) is 12.2 Å². The summed E-state index contributed by atoms with van der Waals surface area (Å²) in [5.41, 5.74) is 0. The summed E-state index contributed by atoms with van der Waals surface area (Å²) in [5, 5.41) is 0. The SMILES string of the molecule is CC(C)OC(=O)C=CC(=O)C(=O)OC(C)C. The van der Waals surface area contributed by atoms with Gasteiger partial charge in [-0.05, 0) is 27.7 Å². The molecule has 0 aliphatic rings. The fraction of sp³-hybridized carbons (Fsp3) is 0.545. The van der Waals surface area contributed by atoms with Crippen molar-refractivity contribution < 1.29 is 23.9 Å². The fourth-order valence-electron chi connectivity index (χ4n) is 0.756. The number of carbonyl (C=O) groups is 3. The molecule has 0 aliphatic carbocycles. The second-order valence-electron chi connectivity index (χ2n) is 3.64. The summed E-state index contributed by atoms with van der Waals surface area (Å²) in [6.07, 6.45) is 1.11. The van der Waals surface area contributed by atoms with Gasteiger partial charge in [-0.1, -0.05) is 0 Å². The van der Waals surface area contributed by atoms with Crippen LogP contribution in [0.1, 0.15) is 27.7 Å². The van der Waals surface area contributed by atoms with Gasteiger partial charge in [0, 0.05) is 12.2 Å². The molecule has 0 bridgehead atoms. The molecule has 0 atom stereocenters. The number of rotatable bonds is 5. The molecule has 0 N–H and O–H groups in total. The molecule has 5 heteroatoms. The van der Waals surface area contributed by atoms with E-state index in [1.54, 1.807) is 27.7 Å². The van der Waals surface area contributed by atoms with Crippen LogP contribution >= 0.6 is 0 Å². The minimum atomic E-state index is -0.983. The quantitative estimate of drug-likeness (QED) is 0.399. The van der Waals surface area contributed by atoms with Crippen LogP contribution in [0.3, 0.4) is 0 Å².